The lowest BCUT2D eigenvalue weighted by molar-refractivity contribution is -0.141. The highest BCUT2D eigenvalue weighted by atomic mass is 19.1. The van der Waals surface area contributed by atoms with E-state index in [0.717, 1.165) is 16.8 Å². The number of amides is 1. The van der Waals surface area contributed by atoms with E-state index in [2.05, 4.69) is 5.32 Å². The molecule has 0 aliphatic heterocycles. The Morgan fingerprint density at radius 3 is 2.74 bits per heavy atom. The van der Waals surface area contributed by atoms with Crippen molar-refractivity contribution in [2.24, 2.45) is 0 Å². The molecule has 7 heteroatoms. The van der Waals surface area contributed by atoms with E-state index < -0.39 is 12.0 Å². The summed E-state index contributed by atoms with van der Waals surface area (Å²) in [6.07, 6.45) is 2.24. The van der Waals surface area contributed by atoms with Crippen molar-refractivity contribution in [3.8, 4) is 5.75 Å². The zero-order valence-electron chi connectivity index (χ0n) is 17.3. The molecule has 1 unspecified atom stereocenters. The molecule has 2 N–H and O–H groups in total. The van der Waals surface area contributed by atoms with Crippen molar-refractivity contribution in [2.75, 3.05) is 6.61 Å². The second-order valence-corrected chi connectivity index (χ2v) is 7.83. The van der Waals surface area contributed by atoms with E-state index in [0.29, 0.717) is 36.8 Å². The Labute approximate surface area is 179 Å². The molecule has 1 aromatic heterocycles. The number of benzene rings is 2. The number of nitrogens with zero attached hydrogens (tertiary/aromatic N) is 1. The van der Waals surface area contributed by atoms with Gasteiger partial charge in [-0.05, 0) is 61.6 Å². The van der Waals surface area contributed by atoms with Crippen molar-refractivity contribution in [2.45, 2.75) is 44.7 Å². The second-order valence-electron chi connectivity index (χ2n) is 7.83. The Hall–Kier alpha value is -3.35. The summed E-state index contributed by atoms with van der Waals surface area (Å²) in [6.45, 7) is 1.75. The Morgan fingerprint density at radius 1 is 1.26 bits per heavy atom. The maximum Gasteiger partial charge on any atom is 0.326 e. The SMILES string of the molecule is CCC(C(=O)O)n1c2c(c3cc(F)ccc31)C[C@@H](NC(=O)COc1ccccc1)CC2. The number of aromatic nitrogens is 1. The van der Waals surface area contributed by atoms with Crippen LogP contribution in [0.4, 0.5) is 4.39 Å². The fourth-order valence-corrected chi connectivity index (χ4v) is 4.45. The molecule has 0 fully saturated rings. The predicted molar refractivity (Wildman–Crippen MR) is 115 cm³/mol. The zero-order chi connectivity index (χ0) is 22.0. The Morgan fingerprint density at radius 2 is 2.03 bits per heavy atom. The third kappa shape index (κ3) is 4.26. The maximum absolute atomic E-state index is 14.0. The van der Waals surface area contributed by atoms with Gasteiger partial charge in [-0.1, -0.05) is 25.1 Å². The molecular formula is C24H25FN2O4. The van der Waals surface area contributed by atoms with Crippen molar-refractivity contribution in [1.82, 2.24) is 9.88 Å². The van der Waals surface area contributed by atoms with Gasteiger partial charge in [0, 0.05) is 22.6 Å². The number of halogens is 1. The summed E-state index contributed by atoms with van der Waals surface area (Å²) < 4.78 is 21.4. The molecule has 0 spiro atoms. The van der Waals surface area contributed by atoms with Gasteiger partial charge in [0.1, 0.15) is 17.6 Å². The molecule has 2 aromatic carbocycles. The van der Waals surface area contributed by atoms with E-state index in [4.69, 9.17) is 4.74 Å². The van der Waals surface area contributed by atoms with E-state index in [-0.39, 0.29) is 24.4 Å². The number of nitrogens with one attached hydrogen (secondary N) is 1. The van der Waals surface area contributed by atoms with Crippen molar-refractivity contribution in [3.05, 3.63) is 65.6 Å². The molecule has 1 aliphatic carbocycles. The first kappa shape index (κ1) is 20.9. The van der Waals surface area contributed by atoms with Crippen LogP contribution in [0.25, 0.3) is 10.9 Å². The van der Waals surface area contributed by atoms with Gasteiger partial charge in [-0.25, -0.2) is 9.18 Å². The fourth-order valence-electron chi connectivity index (χ4n) is 4.45. The number of rotatable bonds is 7. The molecule has 4 rings (SSSR count). The molecule has 0 saturated heterocycles. The molecule has 1 heterocycles. The summed E-state index contributed by atoms with van der Waals surface area (Å²) in [7, 11) is 0. The van der Waals surface area contributed by atoms with E-state index in [1.807, 2.05) is 29.7 Å². The number of carboxylic acids is 1. The summed E-state index contributed by atoms with van der Waals surface area (Å²) in [5, 5.41) is 13.4. The second kappa shape index (κ2) is 8.79. The summed E-state index contributed by atoms with van der Waals surface area (Å²) >= 11 is 0. The molecular weight excluding hydrogens is 399 g/mol. The van der Waals surface area contributed by atoms with Gasteiger partial charge < -0.3 is 19.7 Å². The van der Waals surface area contributed by atoms with Crippen molar-refractivity contribution in [3.63, 3.8) is 0 Å². The summed E-state index contributed by atoms with van der Waals surface area (Å²) in [5.74, 6) is -0.858. The Balaban J connectivity index is 1.56. The van der Waals surface area contributed by atoms with Crippen LogP contribution >= 0.6 is 0 Å². The first-order chi connectivity index (χ1) is 15.0. The predicted octanol–water partition coefficient (Wildman–Crippen LogP) is 3.87. The van der Waals surface area contributed by atoms with Crippen molar-refractivity contribution >= 4 is 22.8 Å². The number of carboxylic acid groups (broad SMARTS) is 1. The maximum atomic E-state index is 14.0. The Kier molecular flexibility index (Phi) is 5.93. The zero-order valence-corrected chi connectivity index (χ0v) is 17.3. The summed E-state index contributed by atoms with van der Waals surface area (Å²) in [6, 6.07) is 12.8. The minimum atomic E-state index is -0.903. The third-order valence-corrected chi connectivity index (χ3v) is 5.82. The molecule has 0 bridgehead atoms. The number of fused-ring (bicyclic) bond motifs is 3. The number of hydrogen-bond donors (Lipinski definition) is 2. The monoisotopic (exact) mass is 424 g/mol. The molecule has 0 radical (unpaired) electrons. The van der Waals surface area contributed by atoms with Gasteiger partial charge in [0.2, 0.25) is 0 Å². The number of carbonyl (C=O) groups excluding carboxylic acids is 1. The average Bonchev–Trinajstić information content (AvgIpc) is 3.06. The topological polar surface area (TPSA) is 80.6 Å². The minimum Gasteiger partial charge on any atom is -0.484 e. The van der Waals surface area contributed by atoms with Crippen LogP contribution in [0, 0.1) is 5.82 Å². The number of aliphatic carboxylic acids is 1. The molecule has 0 saturated carbocycles. The number of ether oxygens (including phenoxy) is 1. The number of carbonyl (C=O) groups is 2. The average molecular weight is 424 g/mol. The molecule has 31 heavy (non-hydrogen) atoms. The van der Waals surface area contributed by atoms with Crippen LogP contribution < -0.4 is 10.1 Å². The van der Waals surface area contributed by atoms with E-state index >= 15 is 0 Å². The van der Waals surface area contributed by atoms with E-state index in [1.165, 1.54) is 12.1 Å². The van der Waals surface area contributed by atoms with Gasteiger partial charge in [-0.2, -0.15) is 0 Å². The molecule has 1 aliphatic rings. The van der Waals surface area contributed by atoms with Crippen LogP contribution in [0.1, 0.15) is 37.1 Å². The first-order valence-corrected chi connectivity index (χ1v) is 10.5. The quantitative estimate of drug-likeness (QED) is 0.603. The lowest BCUT2D eigenvalue weighted by Crippen LogP contribution is -2.41. The van der Waals surface area contributed by atoms with Gasteiger partial charge >= 0.3 is 5.97 Å². The standard InChI is InChI=1S/C24H25FN2O4/c1-2-20(24(29)30)27-21-10-8-15(25)12-18(21)19-13-16(9-11-22(19)27)26-23(28)14-31-17-6-4-3-5-7-17/h3-8,10,12,16,20H,2,9,11,13-14H2,1H3,(H,26,28)(H,29,30)/t16-,20?/m0/s1. The normalized spacial score (nSPS) is 16.5. The lowest BCUT2D eigenvalue weighted by atomic mass is 9.91. The fraction of sp³-hybridized carbons (Fsp3) is 0.333. The minimum absolute atomic E-state index is 0.0827. The molecule has 1 amide bonds. The lowest BCUT2D eigenvalue weighted by Gasteiger charge is -2.26. The smallest absolute Gasteiger partial charge is 0.326 e. The number of hydrogen-bond acceptors (Lipinski definition) is 3. The molecule has 6 nitrogen and oxygen atoms in total. The number of para-hydroxylation sites is 1. The highest BCUT2D eigenvalue weighted by Crippen LogP contribution is 2.36. The van der Waals surface area contributed by atoms with Crippen LogP contribution in [-0.4, -0.2) is 34.2 Å². The van der Waals surface area contributed by atoms with Gasteiger partial charge in [-0.3, -0.25) is 4.79 Å². The largest absolute Gasteiger partial charge is 0.484 e. The van der Waals surface area contributed by atoms with E-state index in [1.54, 1.807) is 18.2 Å². The van der Waals surface area contributed by atoms with Gasteiger partial charge in [0.05, 0.1) is 0 Å². The van der Waals surface area contributed by atoms with Crippen LogP contribution in [-0.2, 0) is 22.4 Å². The van der Waals surface area contributed by atoms with Crippen LogP contribution in [0.15, 0.2) is 48.5 Å². The van der Waals surface area contributed by atoms with Crippen molar-refractivity contribution in [1.29, 1.82) is 0 Å². The van der Waals surface area contributed by atoms with Gasteiger partial charge in [0.25, 0.3) is 5.91 Å². The first-order valence-electron chi connectivity index (χ1n) is 10.5. The Bertz CT molecular complexity index is 1110. The van der Waals surface area contributed by atoms with E-state index in [9.17, 15) is 19.1 Å². The third-order valence-electron chi connectivity index (χ3n) is 5.82. The molecule has 3 aromatic rings. The highest BCUT2D eigenvalue weighted by Gasteiger charge is 2.30. The van der Waals surface area contributed by atoms with Crippen LogP contribution in [0.5, 0.6) is 5.75 Å². The summed E-state index contributed by atoms with van der Waals surface area (Å²) in [4.78, 5) is 24.2. The van der Waals surface area contributed by atoms with Crippen LogP contribution in [0.3, 0.4) is 0 Å². The van der Waals surface area contributed by atoms with Crippen molar-refractivity contribution < 1.29 is 23.8 Å². The van der Waals surface area contributed by atoms with Crippen LogP contribution in [0.2, 0.25) is 0 Å². The summed E-state index contributed by atoms with van der Waals surface area (Å²) in [5.41, 5.74) is 2.55. The van der Waals surface area contributed by atoms with Gasteiger partial charge in [0.15, 0.2) is 6.61 Å². The highest BCUT2D eigenvalue weighted by molar-refractivity contribution is 5.88. The molecule has 162 valence electrons. The molecule has 2 atom stereocenters. The van der Waals surface area contributed by atoms with Gasteiger partial charge in [-0.15, -0.1) is 0 Å².